The second-order valence-electron chi connectivity index (χ2n) is 4.88. The van der Waals surface area contributed by atoms with Crippen molar-refractivity contribution >= 4 is 5.96 Å². The Bertz CT molecular complexity index is 492. The minimum Gasteiger partial charge on any atom is -0.468 e. The van der Waals surface area contributed by atoms with Crippen LogP contribution < -0.4 is 15.4 Å². The average molecular weight is 348 g/mol. The number of hydrogen-bond donors (Lipinski definition) is 2. The smallest absolute Gasteiger partial charge is 0.422 e. The molecule has 1 aromatic rings. The molecule has 1 aromatic heterocycles. The van der Waals surface area contributed by atoms with E-state index in [0.717, 1.165) is 25.1 Å². The first-order chi connectivity index (χ1) is 11.4. The van der Waals surface area contributed by atoms with Gasteiger partial charge in [0.15, 0.2) is 12.6 Å². The molecule has 1 rings (SSSR count). The lowest BCUT2D eigenvalue weighted by Gasteiger charge is -2.11. The number of hydrogen-bond acceptors (Lipinski definition) is 4. The zero-order valence-corrected chi connectivity index (χ0v) is 13.8. The topological polar surface area (TPSA) is 67.8 Å². The van der Waals surface area contributed by atoms with E-state index in [1.807, 2.05) is 6.92 Å². The molecular weight excluding hydrogens is 325 g/mol. The molecule has 9 heteroatoms. The highest BCUT2D eigenvalue weighted by Gasteiger charge is 2.28. The van der Waals surface area contributed by atoms with Gasteiger partial charge in [0.05, 0.1) is 6.54 Å². The molecule has 0 saturated carbocycles. The van der Waals surface area contributed by atoms with Crippen molar-refractivity contribution in [1.29, 1.82) is 0 Å². The number of alkyl halides is 3. The van der Waals surface area contributed by atoms with Crippen LogP contribution in [0, 0.1) is 0 Å². The number of aliphatic imine (C=N–C) groups is 1. The lowest BCUT2D eigenvalue weighted by Crippen LogP contribution is -2.38. The number of aromatic nitrogens is 1. The third-order valence-corrected chi connectivity index (χ3v) is 2.76. The van der Waals surface area contributed by atoms with Crippen molar-refractivity contribution in [2.75, 3.05) is 33.4 Å². The van der Waals surface area contributed by atoms with Gasteiger partial charge in [-0.15, -0.1) is 0 Å². The lowest BCUT2D eigenvalue weighted by molar-refractivity contribution is -0.154. The maximum absolute atomic E-state index is 12.1. The van der Waals surface area contributed by atoms with Crippen LogP contribution in [0.4, 0.5) is 13.2 Å². The van der Waals surface area contributed by atoms with Crippen LogP contribution in [0.25, 0.3) is 0 Å². The minimum absolute atomic E-state index is 0.0651. The van der Waals surface area contributed by atoms with Crippen LogP contribution in [-0.4, -0.2) is 50.5 Å². The third kappa shape index (κ3) is 9.19. The summed E-state index contributed by atoms with van der Waals surface area (Å²) in [6, 6.07) is 3.03. The number of nitrogens with one attached hydrogen (secondary N) is 2. The predicted molar refractivity (Wildman–Crippen MR) is 85.1 cm³/mol. The zero-order valence-electron chi connectivity index (χ0n) is 13.8. The summed E-state index contributed by atoms with van der Waals surface area (Å²) >= 11 is 0. The van der Waals surface area contributed by atoms with Gasteiger partial charge in [-0.3, -0.25) is 0 Å². The van der Waals surface area contributed by atoms with E-state index in [0.29, 0.717) is 19.1 Å². The Hall–Kier alpha value is -2.03. The normalized spacial score (nSPS) is 12.1. The van der Waals surface area contributed by atoms with Gasteiger partial charge in [0, 0.05) is 39.1 Å². The average Bonchev–Trinajstić information content (AvgIpc) is 2.55. The van der Waals surface area contributed by atoms with Crippen molar-refractivity contribution in [3.05, 3.63) is 23.9 Å². The van der Waals surface area contributed by atoms with E-state index in [4.69, 9.17) is 4.74 Å². The molecule has 0 fully saturated rings. The summed E-state index contributed by atoms with van der Waals surface area (Å²) in [6.07, 6.45) is -2.07. The van der Waals surface area contributed by atoms with E-state index in [2.05, 4.69) is 25.3 Å². The number of ether oxygens (including phenoxy) is 2. The van der Waals surface area contributed by atoms with Crippen molar-refractivity contribution in [2.45, 2.75) is 26.1 Å². The second-order valence-corrected chi connectivity index (χ2v) is 4.88. The highest BCUT2D eigenvalue weighted by Crippen LogP contribution is 2.17. The molecule has 2 N–H and O–H groups in total. The summed E-state index contributed by atoms with van der Waals surface area (Å²) in [5.41, 5.74) is 0.767. The monoisotopic (exact) mass is 348 g/mol. The quantitative estimate of drug-likeness (QED) is 0.406. The summed E-state index contributed by atoms with van der Waals surface area (Å²) in [5, 5.41) is 6.27. The number of guanidine groups is 1. The Balaban J connectivity index is 2.50. The molecule has 0 spiro atoms. The SMILES string of the molecule is CCNC(=NCc1ccc(OCC(F)(F)F)nc1)NCCCOC. The number of pyridine rings is 1. The zero-order chi connectivity index (χ0) is 17.8. The molecule has 24 heavy (non-hydrogen) atoms. The van der Waals surface area contributed by atoms with Gasteiger partial charge in [-0.25, -0.2) is 9.98 Å². The minimum atomic E-state index is -4.38. The Kier molecular flexibility index (Phi) is 8.92. The van der Waals surface area contributed by atoms with Gasteiger partial charge in [0.1, 0.15) is 0 Å². The predicted octanol–water partition coefficient (Wildman–Crippen LogP) is 2.11. The fraction of sp³-hybridized carbons (Fsp3) is 0.600. The maximum atomic E-state index is 12.1. The van der Waals surface area contributed by atoms with Crippen LogP contribution in [0.2, 0.25) is 0 Å². The Morgan fingerprint density at radius 2 is 2.08 bits per heavy atom. The van der Waals surface area contributed by atoms with Crippen molar-refractivity contribution in [3.63, 3.8) is 0 Å². The van der Waals surface area contributed by atoms with Crippen molar-refractivity contribution in [3.8, 4) is 5.88 Å². The lowest BCUT2D eigenvalue weighted by atomic mass is 10.3. The second kappa shape index (κ2) is 10.7. The molecule has 0 atom stereocenters. The van der Waals surface area contributed by atoms with Gasteiger partial charge < -0.3 is 20.1 Å². The fourth-order valence-corrected chi connectivity index (χ4v) is 1.68. The van der Waals surface area contributed by atoms with Crippen LogP contribution in [0.5, 0.6) is 5.88 Å². The van der Waals surface area contributed by atoms with Gasteiger partial charge in [0.2, 0.25) is 5.88 Å². The molecule has 0 aliphatic carbocycles. The number of nitrogens with zero attached hydrogens (tertiary/aromatic N) is 2. The van der Waals surface area contributed by atoms with Crippen LogP contribution >= 0.6 is 0 Å². The summed E-state index contributed by atoms with van der Waals surface area (Å²) in [5.74, 6) is 0.593. The molecule has 0 radical (unpaired) electrons. The van der Waals surface area contributed by atoms with E-state index >= 15 is 0 Å². The standard InChI is InChI=1S/C15H23F3N4O2/c1-3-19-14(20-7-4-8-23-2)22-10-12-5-6-13(21-9-12)24-11-15(16,17)18/h5-6,9H,3-4,7-8,10-11H2,1-2H3,(H2,19,20,22). The highest BCUT2D eigenvalue weighted by molar-refractivity contribution is 5.79. The van der Waals surface area contributed by atoms with Gasteiger partial charge in [-0.2, -0.15) is 13.2 Å². The van der Waals surface area contributed by atoms with Crippen molar-refractivity contribution in [2.24, 2.45) is 4.99 Å². The van der Waals surface area contributed by atoms with E-state index in [1.54, 1.807) is 13.2 Å². The maximum Gasteiger partial charge on any atom is 0.422 e. The molecule has 0 amide bonds. The summed E-state index contributed by atoms with van der Waals surface area (Å²) in [4.78, 5) is 8.23. The van der Waals surface area contributed by atoms with Gasteiger partial charge >= 0.3 is 6.18 Å². The largest absolute Gasteiger partial charge is 0.468 e. The highest BCUT2D eigenvalue weighted by atomic mass is 19.4. The molecule has 0 aliphatic rings. The van der Waals surface area contributed by atoms with Crippen LogP contribution in [0.15, 0.2) is 23.3 Å². The number of methoxy groups -OCH3 is 1. The molecule has 0 aromatic carbocycles. The third-order valence-electron chi connectivity index (χ3n) is 2.76. The molecule has 0 aliphatic heterocycles. The van der Waals surface area contributed by atoms with E-state index in [9.17, 15) is 13.2 Å². The van der Waals surface area contributed by atoms with E-state index < -0.39 is 12.8 Å². The van der Waals surface area contributed by atoms with Crippen LogP contribution in [-0.2, 0) is 11.3 Å². The summed E-state index contributed by atoms with van der Waals surface area (Å²) < 4.78 is 45.7. The Morgan fingerprint density at radius 1 is 1.29 bits per heavy atom. The Morgan fingerprint density at radius 3 is 2.67 bits per heavy atom. The van der Waals surface area contributed by atoms with Crippen molar-refractivity contribution in [1.82, 2.24) is 15.6 Å². The molecular formula is C15H23F3N4O2. The van der Waals surface area contributed by atoms with Gasteiger partial charge in [0.25, 0.3) is 0 Å². The molecule has 0 unspecified atom stereocenters. The van der Waals surface area contributed by atoms with Gasteiger partial charge in [-0.1, -0.05) is 6.07 Å². The van der Waals surface area contributed by atoms with Gasteiger partial charge in [-0.05, 0) is 18.9 Å². The number of rotatable bonds is 9. The molecule has 136 valence electrons. The van der Waals surface area contributed by atoms with E-state index in [1.165, 1.54) is 12.3 Å². The summed E-state index contributed by atoms with van der Waals surface area (Å²) in [7, 11) is 1.65. The Labute approximate surface area is 139 Å². The van der Waals surface area contributed by atoms with E-state index in [-0.39, 0.29) is 5.88 Å². The fourth-order valence-electron chi connectivity index (χ4n) is 1.68. The first-order valence-electron chi connectivity index (χ1n) is 7.60. The first kappa shape index (κ1) is 20.0. The first-order valence-corrected chi connectivity index (χ1v) is 7.60. The molecule has 0 bridgehead atoms. The summed E-state index contributed by atoms with van der Waals surface area (Å²) in [6.45, 7) is 3.07. The number of halogens is 3. The molecule has 1 heterocycles. The molecule has 0 saturated heterocycles. The van der Waals surface area contributed by atoms with Crippen LogP contribution in [0.3, 0.4) is 0 Å². The van der Waals surface area contributed by atoms with Crippen LogP contribution in [0.1, 0.15) is 18.9 Å². The van der Waals surface area contributed by atoms with Crippen molar-refractivity contribution < 1.29 is 22.6 Å². The molecule has 6 nitrogen and oxygen atoms in total.